The number of hydrogen-bond acceptors (Lipinski definition) is 4. The molecule has 1 aromatic heterocycles. The van der Waals surface area contributed by atoms with E-state index in [0.29, 0.717) is 17.9 Å². The van der Waals surface area contributed by atoms with Crippen LogP contribution in [0.4, 0.5) is 0 Å². The molecule has 1 N–H and O–H groups in total. The lowest BCUT2D eigenvalue weighted by Gasteiger charge is -2.27. The molecule has 5 heteroatoms. The largest absolute Gasteiger partial charge is 0.494 e. The summed E-state index contributed by atoms with van der Waals surface area (Å²) in [6.07, 6.45) is 7.25. The highest BCUT2D eigenvalue weighted by Crippen LogP contribution is 2.49. The lowest BCUT2D eigenvalue weighted by molar-refractivity contribution is 0.216. The Kier molecular flexibility index (Phi) is 5.09. The molecular formula is C20H23ClN2O2. The summed E-state index contributed by atoms with van der Waals surface area (Å²) in [5.74, 6) is 3.03. The van der Waals surface area contributed by atoms with Gasteiger partial charge in [-0.25, -0.2) is 0 Å². The van der Waals surface area contributed by atoms with Gasteiger partial charge in [-0.2, -0.15) is 0 Å². The van der Waals surface area contributed by atoms with Crippen LogP contribution in [0.2, 0.25) is 5.02 Å². The maximum absolute atomic E-state index is 5.88. The average molecular weight is 359 g/mol. The fraction of sp³-hybridized carbons (Fsp3) is 0.450. The van der Waals surface area contributed by atoms with Crippen molar-refractivity contribution in [3.05, 3.63) is 53.3 Å². The fourth-order valence-electron chi connectivity index (χ4n) is 3.24. The van der Waals surface area contributed by atoms with Gasteiger partial charge in [0.05, 0.1) is 12.8 Å². The molecule has 0 bridgehead atoms. The van der Waals surface area contributed by atoms with E-state index in [9.17, 15) is 0 Å². The molecule has 0 spiro atoms. The van der Waals surface area contributed by atoms with Gasteiger partial charge in [-0.1, -0.05) is 11.6 Å². The second kappa shape index (κ2) is 7.63. The zero-order valence-corrected chi connectivity index (χ0v) is 14.9. The highest BCUT2D eigenvalue weighted by atomic mass is 35.5. The van der Waals surface area contributed by atoms with Crippen LogP contribution in [0.5, 0.6) is 11.5 Å². The lowest BCUT2D eigenvalue weighted by atomic mass is 10.1. The van der Waals surface area contributed by atoms with Crippen molar-refractivity contribution in [2.75, 3.05) is 19.8 Å². The molecule has 1 aromatic carbocycles. The van der Waals surface area contributed by atoms with E-state index in [0.717, 1.165) is 42.7 Å². The van der Waals surface area contributed by atoms with Crippen LogP contribution >= 0.6 is 11.6 Å². The van der Waals surface area contributed by atoms with Crippen LogP contribution in [0.3, 0.4) is 0 Å². The van der Waals surface area contributed by atoms with Gasteiger partial charge in [-0.15, -0.1) is 0 Å². The van der Waals surface area contributed by atoms with E-state index in [1.54, 1.807) is 0 Å². The van der Waals surface area contributed by atoms with E-state index in [4.69, 9.17) is 21.1 Å². The number of pyridine rings is 1. The van der Waals surface area contributed by atoms with Crippen LogP contribution in [0.25, 0.3) is 0 Å². The second-order valence-electron chi connectivity index (χ2n) is 6.90. The number of ether oxygens (including phenoxy) is 2. The first-order valence-electron chi connectivity index (χ1n) is 8.97. The molecule has 0 unspecified atom stereocenters. The predicted molar refractivity (Wildman–Crippen MR) is 98.6 cm³/mol. The fourth-order valence-corrected chi connectivity index (χ4v) is 3.36. The zero-order chi connectivity index (χ0) is 17.1. The molecule has 0 amide bonds. The molecular weight excluding hydrogens is 336 g/mol. The van der Waals surface area contributed by atoms with E-state index < -0.39 is 0 Å². The lowest BCUT2D eigenvalue weighted by Crippen LogP contribution is -2.46. The van der Waals surface area contributed by atoms with Crippen LogP contribution < -0.4 is 14.8 Å². The predicted octanol–water partition coefficient (Wildman–Crippen LogP) is 4.05. The average Bonchev–Trinajstić information content (AvgIpc) is 3.35. The molecule has 0 radical (unpaired) electrons. The monoisotopic (exact) mass is 358 g/mol. The molecule has 2 aliphatic rings. The Morgan fingerprint density at radius 3 is 2.72 bits per heavy atom. The summed E-state index contributed by atoms with van der Waals surface area (Å²) in [6, 6.07) is 10.2. The standard InChI is InChI=1S/C20H23ClN2O2/c21-16-1-3-18(4-2-16)24-8-6-14-10-20(14)15-9-19(12-22-11-15)25-13-17-5-7-23-17/h1-4,9,11-12,14,17,20,23H,5-8,10,13H2/t14-,17-,20-/m0/s1. The third-order valence-corrected chi connectivity index (χ3v) is 5.29. The number of nitrogens with zero attached hydrogens (tertiary/aromatic N) is 1. The summed E-state index contributed by atoms with van der Waals surface area (Å²) in [6.45, 7) is 2.57. The summed E-state index contributed by atoms with van der Waals surface area (Å²) in [4.78, 5) is 4.35. The Labute approximate surface area is 153 Å². The number of nitrogens with one attached hydrogen (secondary N) is 1. The first-order valence-corrected chi connectivity index (χ1v) is 9.35. The first-order chi connectivity index (χ1) is 12.3. The zero-order valence-electron chi connectivity index (χ0n) is 14.2. The topological polar surface area (TPSA) is 43.4 Å². The molecule has 1 aliphatic carbocycles. The van der Waals surface area contributed by atoms with Crippen LogP contribution in [-0.2, 0) is 0 Å². The number of rotatable bonds is 8. The van der Waals surface area contributed by atoms with Crippen molar-refractivity contribution in [2.24, 2.45) is 5.92 Å². The van der Waals surface area contributed by atoms with Crippen LogP contribution in [-0.4, -0.2) is 30.8 Å². The van der Waals surface area contributed by atoms with Gasteiger partial charge in [-0.05, 0) is 73.5 Å². The number of hydrogen-bond donors (Lipinski definition) is 1. The van der Waals surface area contributed by atoms with E-state index in [2.05, 4.69) is 16.4 Å². The summed E-state index contributed by atoms with van der Waals surface area (Å²) in [5, 5.41) is 4.08. The van der Waals surface area contributed by atoms with Gasteiger partial charge in [0.25, 0.3) is 0 Å². The molecule has 1 saturated heterocycles. The smallest absolute Gasteiger partial charge is 0.137 e. The third kappa shape index (κ3) is 4.44. The summed E-state index contributed by atoms with van der Waals surface area (Å²) < 4.78 is 11.6. The summed E-state index contributed by atoms with van der Waals surface area (Å²) in [5.41, 5.74) is 1.29. The van der Waals surface area contributed by atoms with Crippen molar-refractivity contribution in [2.45, 2.75) is 31.2 Å². The molecule has 3 atom stereocenters. The molecule has 25 heavy (non-hydrogen) atoms. The van der Waals surface area contributed by atoms with Gasteiger partial charge in [0.1, 0.15) is 18.1 Å². The maximum atomic E-state index is 5.88. The van der Waals surface area contributed by atoms with Crippen molar-refractivity contribution in [3.63, 3.8) is 0 Å². The molecule has 1 aliphatic heterocycles. The Balaban J connectivity index is 1.22. The normalized spacial score (nSPS) is 24.4. The first kappa shape index (κ1) is 16.7. The van der Waals surface area contributed by atoms with Crippen molar-refractivity contribution in [1.29, 1.82) is 0 Å². The Morgan fingerprint density at radius 2 is 1.96 bits per heavy atom. The van der Waals surface area contributed by atoms with Gasteiger partial charge >= 0.3 is 0 Å². The minimum absolute atomic E-state index is 0.502. The molecule has 132 valence electrons. The van der Waals surface area contributed by atoms with Crippen molar-refractivity contribution in [1.82, 2.24) is 10.3 Å². The molecule has 2 aromatic rings. The molecule has 2 fully saturated rings. The van der Waals surface area contributed by atoms with Gasteiger partial charge in [0, 0.05) is 17.3 Å². The third-order valence-electron chi connectivity index (χ3n) is 5.03. The van der Waals surface area contributed by atoms with Crippen molar-refractivity contribution in [3.8, 4) is 11.5 Å². The Morgan fingerprint density at radius 1 is 1.12 bits per heavy atom. The molecule has 2 heterocycles. The van der Waals surface area contributed by atoms with E-state index in [1.807, 2.05) is 36.7 Å². The van der Waals surface area contributed by atoms with E-state index >= 15 is 0 Å². The van der Waals surface area contributed by atoms with Gasteiger partial charge < -0.3 is 14.8 Å². The molecule has 1 saturated carbocycles. The number of aromatic nitrogens is 1. The Hall–Kier alpha value is -1.78. The van der Waals surface area contributed by atoms with Gasteiger partial charge in [0.2, 0.25) is 0 Å². The minimum Gasteiger partial charge on any atom is -0.494 e. The SMILES string of the molecule is Clc1ccc(OCC[C@H]2C[C@@H]2c2cncc(OC[C@@H]3CCN3)c2)cc1. The molecule has 4 rings (SSSR count). The van der Waals surface area contributed by atoms with Crippen molar-refractivity contribution < 1.29 is 9.47 Å². The summed E-state index contributed by atoms with van der Waals surface area (Å²) >= 11 is 5.88. The van der Waals surface area contributed by atoms with Crippen molar-refractivity contribution >= 4 is 11.6 Å². The second-order valence-corrected chi connectivity index (χ2v) is 7.33. The number of benzene rings is 1. The Bertz CT molecular complexity index is 703. The summed E-state index contributed by atoms with van der Waals surface area (Å²) in [7, 11) is 0. The highest BCUT2D eigenvalue weighted by Gasteiger charge is 2.38. The van der Waals surface area contributed by atoms with E-state index in [-0.39, 0.29) is 0 Å². The molecule has 4 nitrogen and oxygen atoms in total. The quantitative estimate of drug-likeness (QED) is 0.773. The van der Waals surface area contributed by atoms with E-state index in [1.165, 1.54) is 18.4 Å². The number of halogens is 1. The minimum atomic E-state index is 0.502. The van der Waals surface area contributed by atoms with Crippen LogP contribution in [0.15, 0.2) is 42.7 Å². The van der Waals surface area contributed by atoms with Gasteiger partial charge in [0.15, 0.2) is 0 Å². The van der Waals surface area contributed by atoms with Crippen LogP contribution in [0.1, 0.15) is 30.7 Å². The van der Waals surface area contributed by atoms with Crippen LogP contribution in [0, 0.1) is 5.92 Å². The maximum Gasteiger partial charge on any atom is 0.137 e. The highest BCUT2D eigenvalue weighted by molar-refractivity contribution is 6.30. The van der Waals surface area contributed by atoms with Gasteiger partial charge in [-0.3, -0.25) is 4.98 Å².